The normalized spacial score (nSPS) is 13.6. The average molecular weight is 511 g/mol. The van der Waals surface area contributed by atoms with Crippen molar-refractivity contribution in [2.75, 3.05) is 62.0 Å². The fourth-order valence-electron chi connectivity index (χ4n) is 3.88. The number of carbonyl (C=O) groups is 1. The minimum absolute atomic E-state index is 0.101. The molecular formula is C26H28F2N6O3. The molecule has 1 fully saturated rings. The van der Waals surface area contributed by atoms with Crippen molar-refractivity contribution in [3.05, 3.63) is 67.1 Å². The summed E-state index contributed by atoms with van der Waals surface area (Å²) in [5.74, 6) is 0.0893. The highest BCUT2D eigenvalue weighted by Gasteiger charge is 2.20. The van der Waals surface area contributed by atoms with Crippen molar-refractivity contribution in [1.29, 1.82) is 0 Å². The molecule has 0 spiro atoms. The third-order valence-electron chi connectivity index (χ3n) is 5.80. The molecule has 0 saturated carbocycles. The molecule has 0 bridgehead atoms. The number of nitrogens with one attached hydrogen (secondary N) is 2. The SMILES string of the molecule is C=CC(=O)Nc1ccccc1Oc1nc(Nc2ccc(N3CCN(CCF)CC3)c(F)c2)ncc1OC. The standard InChI is InChI=1S/C26H28F2N6O3/c1-3-24(35)31-20-6-4-5-7-22(20)37-25-23(36-2)17-29-26(32-25)30-18-8-9-21(19(28)16-18)34-14-12-33(11-10-27)13-15-34/h3-9,16-17H,1,10-15H2,2H3,(H,31,35)(H,29,30,32). The molecule has 1 amide bonds. The first-order valence-electron chi connectivity index (χ1n) is 11.7. The largest absolute Gasteiger partial charge is 0.490 e. The minimum atomic E-state index is -0.389. The maximum atomic E-state index is 15.0. The molecule has 0 atom stereocenters. The van der Waals surface area contributed by atoms with E-state index in [1.807, 2.05) is 9.80 Å². The summed E-state index contributed by atoms with van der Waals surface area (Å²) in [5, 5.41) is 5.66. The molecule has 37 heavy (non-hydrogen) atoms. The Morgan fingerprint density at radius 3 is 2.65 bits per heavy atom. The summed E-state index contributed by atoms with van der Waals surface area (Å²) in [7, 11) is 1.45. The van der Waals surface area contributed by atoms with E-state index in [1.54, 1.807) is 36.4 Å². The number of rotatable bonds is 10. The molecule has 0 unspecified atom stereocenters. The van der Waals surface area contributed by atoms with Crippen LogP contribution in [0.4, 0.5) is 31.8 Å². The van der Waals surface area contributed by atoms with E-state index in [4.69, 9.17) is 9.47 Å². The third kappa shape index (κ3) is 6.50. The lowest BCUT2D eigenvalue weighted by molar-refractivity contribution is -0.111. The number of piperazine rings is 1. The Hall–Kier alpha value is -4.25. The molecule has 194 valence electrons. The van der Waals surface area contributed by atoms with Gasteiger partial charge in [0.05, 0.1) is 24.7 Å². The van der Waals surface area contributed by atoms with Gasteiger partial charge in [0, 0.05) is 38.4 Å². The average Bonchev–Trinajstić information content (AvgIpc) is 2.91. The van der Waals surface area contributed by atoms with Gasteiger partial charge in [0.15, 0.2) is 11.5 Å². The quantitative estimate of drug-likeness (QED) is 0.389. The van der Waals surface area contributed by atoms with Gasteiger partial charge in [0.25, 0.3) is 5.88 Å². The van der Waals surface area contributed by atoms with E-state index in [2.05, 4.69) is 27.2 Å². The van der Waals surface area contributed by atoms with Crippen molar-refractivity contribution < 1.29 is 23.0 Å². The van der Waals surface area contributed by atoms with Crippen LogP contribution in [0.3, 0.4) is 0 Å². The first-order chi connectivity index (χ1) is 18.0. The van der Waals surface area contributed by atoms with Gasteiger partial charge in [0.1, 0.15) is 12.5 Å². The second-order valence-electron chi connectivity index (χ2n) is 8.17. The Labute approximate surface area is 213 Å². The molecule has 2 heterocycles. The maximum Gasteiger partial charge on any atom is 0.267 e. The van der Waals surface area contributed by atoms with Crippen LogP contribution >= 0.6 is 0 Å². The molecule has 2 N–H and O–H groups in total. The van der Waals surface area contributed by atoms with E-state index in [0.717, 1.165) is 6.08 Å². The Balaban J connectivity index is 1.49. The number of aromatic nitrogens is 2. The molecule has 3 aromatic rings. The molecule has 4 rings (SSSR count). The Morgan fingerprint density at radius 1 is 1.16 bits per heavy atom. The summed E-state index contributed by atoms with van der Waals surface area (Å²) in [5.41, 5.74) is 1.36. The number of halogens is 2. The van der Waals surface area contributed by atoms with Gasteiger partial charge < -0.3 is 25.0 Å². The molecule has 2 aromatic carbocycles. The molecule has 9 nitrogen and oxygen atoms in total. The van der Waals surface area contributed by atoms with Crippen molar-refractivity contribution in [3.63, 3.8) is 0 Å². The van der Waals surface area contributed by atoms with Gasteiger partial charge in [-0.15, -0.1) is 0 Å². The lowest BCUT2D eigenvalue weighted by atomic mass is 10.2. The van der Waals surface area contributed by atoms with E-state index < -0.39 is 0 Å². The number of anilines is 4. The summed E-state index contributed by atoms with van der Waals surface area (Å²) < 4.78 is 38.8. The van der Waals surface area contributed by atoms with Crippen LogP contribution in [0.1, 0.15) is 0 Å². The van der Waals surface area contributed by atoms with E-state index in [-0.39, 0.29) is 36.0 Å². The number of carbonyl (C=O) groups excluding carboxylic acids is 1. The molecule has 1 aliphatic rings. The Bertz CT molecular complexity index is 1250. The van der Waals surface area contributed by atoms with Gasteiger partial charge in [0.2, 0.25) is 11.9 Å². The van der Waals surface area contributed by atoms with Gasteiger partial charge in [-0.3, -0.25) is 9.69 Å². The number of amides is 1. The van der Waals surface area contributed by atoms with E-state index in [1.165, 1.54) is 19.4 Å². The first kappa shape index (κ1) is 25.8. The second-order valence-corrected chi connectivity index (χ2v) is 8.17. The van der Waals surface area contributed by atoms with Crippen LogP contribution in [0.25, 0.3) is 0 Å². The van der Waals surface area contributed by atoms with Crippen molar-refractivity contribution in [3.8, 4) is 17.4 Å². The van der Waals surface area contributed by atoms with E-state index in [9.17, 15) is 13.6 Å². The number of hydrogen-bond acceptors (Lipinski definition) is 8. The molecule has 1 aromatic heterocycles. The molecule has 0 radical (unpaired) electrons. The van der Waals surface area contributed by atoms with Gasteiger partial charge in [-0.25, -0.2) is 13.8 Å². The minimum Gasteiger partial charge on any atom is -0.490 e. The number of benzene rings is 2. The summed E-state index contributed by atoms with van der Waals surface area (Å²) in [4.78, 5) is 24.3. The van der Waals surface area contributed by atoms with E-state index >= 15 is 0 Å². The third-order valence-corrected chi connectivity index (χ3v) is 5.80. The van der Waals surface area contributed by atoms with Crippen LogP contribution in [0, 0.1) is 5.82 Å². The van der Waals surface area contributed by atoms with E-state index in [0.29, 0.717) is 55.5 Å². The smallest absolute Gasteiger partial charge is 0.267 e. The number of nitrogens with zero attached hydrogens (tertiary/aromatic N) is 4. The molecule has 0 aliphatic carbocycles. The zero-order valence-corrected chi connectivity index (χ0v) is 20.4. The first-order valence-corrected chi connectivity index (χ1v) is 11.7. The monoisotopic (exact) mass is 510 g/mol. The number of hydrogen-bond donors (Lipinski definition) is 2. The zero-order valence-electron chi connectivity index (χ0n) is 20.4. The summed E-state index contributed by atoms with van der Waals surface area (Å²) in [6.45, 7) is 6.10. The molecule has 1 saturated heterocycles. The van der Waals surface area contributed by atoms with Crippen LogP contribution < -0.4 is 25.0 Å². The Kier molecular flexibility index (Phi) is 8.47. The van der Waals surface area contributed by atoms with Crippen molar-refractivity contribution in [1.82, 2.24) is 14.9 Å². The number of methoxy groups -OCH3 is 1. The van der Waals surface area contributed by atoms with Crippen molar-refractivity contribution in [2.24, 2.45) is 0 Å². The van der Waals surface area contributed by atoms with Crippen LogP contribution in [0.15, 0.2) is 61.3 Å². The molecule has 1 aliphatic heterocycles. The van der Waals surface area contributed by atoms with Crippen molar-refractivity contribution >= 4 is 28.9 Å². The lowest BCUT2D eigenvalue weighted by Crippen LogP contribution is -2.47. The van der Waals surface area contributed by atoms with Crippen LogP contribution in [0.5, 0.6) is 17.4 Å². The number of para-hydroxylation sites is 2. The summed E-state index contributed by atoms with van der Waals surface area (Å²) in [6, 6.07) is 11.6. The fourth-order valence-corrected chi connectivity index (χ4v) is 3.88. The Morgan fingerprint density at radius 2 is 1.95 bits per heavy atom. The fraction of sp³-hybridized carbons (Fsp3) is 0.269. The van der Waals surface area contributed by atoms with Gasteiger partial charge in [-0.2, -0.15) is 4.98 Å². The van der Waals surface area contributed by atoms with Gasteiger partial charge in [-0.05, 0) is 36.4 Å². The highest BCUT2D eigenvalue weighted by molar-refractivity contribution is 5.99. The highest BCUT2D eigenvalue weighted by atomic mass is 19.1. The summed E-state index contributed by atoms with van der Waals surface area (Å²) >= 11 is 0. The topological polar surface area (TPSA) is 91.8 Å². The highest BCUT2D eigenvalue weighted by Crippen LogP contribution is 2.34. The van der Waals surface area contributed by atoms with Gasteiger partial charge >= 0.3 is 0 Å². The van der Waals surface area contributed by atoms with Gasteiger partial charge in [-0.1, -0.05) is 18.7 Å². The second kappa shape index (κ2) is 12.1. The van der Waals surface area contributed by atoms with Crippen LogP contribution in [-0.2, 0) is 4.79 Å². The molecule has 11 heteroatoms. The lowest BCUT2D eigenvalue weighted by Gasteiger charge is -2.35. The number of ether oxygens (including phenoxy) is 2. The van der Waals surface area contributed by atoms with Crippen LogP contribution in [-0.4, -0.2) is 67.3 Å². The predicted molar refractivity (Wildman–Crippen MR) is 138 cm³/mol. The molecular weight excluding hydrogens is 482 g/mol. The predicted octanol–water partition coefficient (Wildman–Crippen LogP) is 4.38. The number of alkyl halides is 1. The zero-order chi connectivity index (χ0) is 26.2. The maximum absolute atomic E-state index is 15.0. The van der Waals surface area contributed by atoms with Crippen molar-refractivity contribution in [2.45, 2.75) is 0 Å². The van der Waals surface area contributed by atoms with Crippen LogP contribution in [0.2, 0.25) is 0 Å². The summed E-state index contributed by atoms with van der Waals surface area (Å²) in [6.07, 6.45) is 2.58.